The number of ether oxygens (including phenoxy) is 7. The van der Waals surface area contributed by atoms with E-state index in [4.69, 9.17) is 66.3 Å². The number of carbonyl (C=O) groups is 1. The lowest BCUT2D eigenvalue weighted by molar-refractivity contribution is -0.145. The van der Waals surface area contributed by atoms with Crippen LogP contribution in [0.4, 0.5) is 4.39 Å². The molecule has 12 rings (SSSR count). The highest BCUT2D eigenvalue weighted by molar-refractivity contribution is 7.22. The van der Waals surface area contributed by atoms with Gasteiger partial charge in [0, 0.05) is 73.6 Å². The van der Waals surface area contributed by atoms with E-state index in [1.807, 2.05) is 27.0 Å². The molecule has 2 unspecified atom stereocenters. The van der Waals surface area contributed by atoms with Crippen LogP contribution in [0.15, 0.2) is 61.1 Å². The number of nitrogens with one attached hydrogen (secondary N) is 2. The number of fused-ring (bicyclic) bond motifs is 4. The number of nitrogens with zero attached hydrogens (tertiary/aromatic N) is 4. The Bertz CT molecular complexity index is 3000. The molecule has 1 saturated heterocycles. The monoisotopic (exact) mass is 1050 g/mol. The molecule has 3 aliphatic carbocycles. The highest BCUT2D eigenvalue weighted by Crippen LogP contribution is 2.55. The molecular weight excluding hydrogens is 999 g/mol. The maximum Gasteiger partial charge on any atom is 0.345 e. The standard InChI is InChI=1S/C54H57Cl2FN6O9S/c1-29-42-30(2)46(56)47(45(29)55)72-53(26-59-17-16-58-3)23-41(53)70-37-12-13-38(67-25-36-14-15-60-49(63-36)33-6-4-31(5-7-33)24-68-40-22-54(40)27-66-18-19-69-54)34(20-37)21-39(52(64)65)71-50-44-43(42)48(73-51(44)62-28-61-50)32-8-10-35(57)11-9-32/h8-15,20,28,31,33,39-41,58-59H,4-7,16-19,21-27H2,1-3H3,(H,64,65)/t31?,33?,39-,40+,41-,53?,54?/m1/s1. The zero-order chi connectivity index (χ0) is 50.4. The summed E-state index contributed by atoms with van der Waals surface area (Å²) in [6, 6.07) is 13.4. The van der Waals surface area contributed by atoms with E-state index in [-0.39, 0.29) is 36.5 Å². The number of hydrogen-bond acceptors (Lipinski definition) is 15. The molecule has 5 atom stereocenters. The summed E-state index contributed by atoms with van der Waals surface area (Å²) in [5, 5.41) is 18.7. The van der Waals surface area contributed by atoms with Gasteiger partial charge >= 0.3 is 5.97 Å². The topological polar surface area (TPSA) is 178 Å². The molecule has 19 heteroatoms. The Hall–Kier alpha value is -5.24. The highest BCUT2D eigenvalue weighted by atomic mass is 35.5. The van der Waals surface area contributed by atoms with Gasteiger partial charge in [0.1, 0.15) is 52.6 Å². The predicted octanol–water partition coefficient (Wildman–Crippen LogP) is 9.47. The lowest BCUT2D eigenvalue weighted by atomic mass is 9.82. The molecule has 73 heavy (non-hydrogen) atoms. The maximum absolute atomic E-state index is 14.4. The Morgan fingerprint density at radius 3 is 2.52 bits per heavy atom. The van der Waals surface area contributed by atoms with Crippen molar-refractivity contribution in [3.8, 4) is 44.7 Å². The van der Waals surface area contributed by atoms with E-state index in [9.17, 15) is 14.3 Å². The van der Waals surface area contributed by atoms with Crippen molar-refractivity contribution in [2.75, 3.05) is 53.1 Å². The molecule has 0 radical (unpaired) electrons. The van der Waals surface area contributed by atoms with Gasteiger partial charge < -0.3 is 48.9 Å². The molecule has 3 aromatic carbocycles. The number of aromatic nitrogens is 4. The Morgan fingerprint density at radius 1 is 0.959 bits per heavy atom. The average Bonchev–Trinajstić information content (AvgIpc) is 4.23. The summed E-state index contributed by atoms with van der Waals surface area (Å²) < 4.78 is 59.1. The summed E-state index contributed by atoms with van der Waals surface area (Å²) >= 11 is 16.0. The summed E-state index contributed by atoms with van der Waals surface area (Å²) in [6.45, 7) is 8.28. The van der Waals surface area contributed by atoms with Crippen LogP contribution in [0.2, 0.25) is 10.0 Å². The molecule has 15 nitrogen and oxygen atoms in total. The van der Waals surface area contributed by atoms with Gasteiger partial charge in [-0.1, -0.05) is 35.3 Å². The third-order valence-corrected chi connectivity index (χ3v) is 16.9. The fourth-order valence-electron chi connectivity index (χ4n) is 10.5. The molecule has 1 spiro atoms. The molecule has 4 fully saturated rings. The first-order valence-electron chi connectivity index (χ1n) is 25.0. The van der Waals surface area contributed by atoms with Crippen LogP contribution in [0.1, 0.15) is 72.7 Å². The second-order valence-electron chi connectivity index (χ2n) is 19.8. The zero-order valence-corrected chi connectivity index (χ0v) is 43.1. The molecule has 3 N–H and O–H groups in total. The van der Waals surface area contributed by atoms with Gasteiger partial charge in [0.05, 0.1) is 47.1 Å². The van der Waals surface area contributed by atoms with Gasteiger partial charge in [-0.2, -0.15) is 0 Å². The molecule has 3 aliphatic heterocycles. The van der Waals surface area contributed by atoms with E-state index in [2.05, 4.69) is 20.6 Å². The first-order chi connectivity index (χ1) is 35.4. The number of thiophene rings is 1. The van der Waals surface area contributed by atoms with Crippen LogP contribution in [0.5, 0.6) is 23.1 Å². The molecular formula is C54H57Cl2FN6O9S. The number of aliphatic carboxylic acids is 1. The SMILES string of the molecule is CNCCNCC12C[C@H]1Oc1ccc(OCc3ccnc(C4CCC(CO[C@H]5CC56COCCO6)CC4)n3)c(c1)C[C@H](C(=O)O)Oc1ncnc3sc(-c4ccc(F)cc4)c(c13)-c1c(C)c(Cl)c(c(Cl)c1C)O2. The molecule has 6 aliphatic rings. The van der Waals surface area contributed by atoms with E-state index < -0.39 is 29.6 Å². The first-order valence-corrected chi connectivity index (χ1v) is 26.5. The summed E-state index contributed by atoms with van der Waals surface area (Å²) in [4.78, 5) is 33.5. The lowest BCUT2D eigenvalue weighted by Gasteiger charge is -2.28. The minimum atomic E-state index is -1.46. The van der Waals surface area contributed by atoms with Crippen LogP contribution in [0.25, 0.3) is 31.8 Å². The van der Waals surface area contributed by atoms with Crippen LogP contribution >= 0.6 is 34.5 Å². The molecule has 6 heterocycles. The normalized spacial score (nSPS) is 25.3. The Morgan fingerprint density at radius 2 is 1.77 bits per heavy atom. The Labute approximate surface area is 436 Å². The minimum absolute atomic E-state index is 0.0333. The second-order valence-corrected chi connectivity index (χ2v) is 21.6. The van der Waals surface area contributed by atoms with E-state index >= 15 is 0 Å². The van der Waals surface area contributed by atoms with Crippen molar-refractivity contribution < 1.29 is 47.4 Å². The number of likely N-dealkylation sites (N-methyl/N-ethyl adjacent to an activating group) is 1. The van der Waals surface area contributed by atoms with E-state index in [1.54, 1.807) is 36.5 Å². The highest BCUT2D eigenvalue weighted by Gasteiger charge is 2.60. The van der Waals surface area contributed by atoms with Crippen molar-refractivity contribution in [1.82, 2.24) is 30.6 Å². The van der Waals surface area contributed by atoms with Gasteiger partial charge in [-0.3, -0.25) is 0 Å². The Kier molecular flexibility index (Phi) is 14.2. The number of carboxylic acids is 1. The van der Waals surface area contributed by atoms with Crippen molar-refractivity contribution in [1.29, 1.82) is 0 Å². The lowest BCUT2D eigenvalue weighted by Crippen LogP contribution is -2.40. The van der Waals surface area contributed by atoms with Gasteiger partial charge in [0.25, 0.3) is 0 Å². The molecule has 3 saturated carbocycles. The van der Waals surface area contributed by atoms with Crippen LogP contribution in [-0.2, 0) is 32.0 Å². The van der Waals surface area contributed by atoms with Crippen molar-refractivity contribution in [3.05, 3.63) is 105 Å². The Balaban J connectivity index is 0.904. The molecule has 4 bridgehead atoms. The zero-order valence-electron chi connectivity index (χ0n) is 40.8. The molecule has 0 amide bonds. The summed E-state index contributed by atoms with van der Waals surface area (Å²) in [5.41, 5.74) is 3.37. The summed E-state index contributed by atoms with van der Waals surface area (Å²) in [7, 11) is 1.89. The fourth-order valence-corrected chi connectivity index (χ4v) is 12.2. The number of benzene rings is 3. The molecule has 384 valence electrons. The third kappa shape index (κ3) is 10.2. The largest absolute Gasteiger partial charge is 0.487 e. The molecule has 3 aromatic heterocycles. The quantitative estimate of drug-likeness (QED) is 0.0879. The van der Waals surface area contributed by atoms with Crippen LogP contribution in [-0.4, -0.2) is 114 Å². The predicted molar refractivity (Wildman–Crippen MR) is 274 cm³/mol. The fraction of sp³-hybridized carbons (Fsp3) is 0.463. The van der Waals surface area contributed by atoms with Crippen molar-refractivity contribution in [2.24, 2.45) is 5.92 Å². The van der Waals surface area contributed by atoms with E-state index in [0.717, 1.165) is 44.5 Å². The van der Waals surface area contributed by atoms with Gasteiger partial charge in [0.2, 0.25) is 12.0 Å². The maximum atomic E-state index is 14.4. The number of hydrogen-bond donors (Lipinski definition) is 3. The van der Waals surface area contributed by atoms with Crippen molar-refractivity contribution in [3.63, 3.8) is 0 Å². The third-order valence-electron chi connectivity index (χ3n) is 14.9. The summed E-state index contributed by atoms with van der Waals surface area (Å²) in [6.07, 6.45) is 6.55. The van der Waals surface area contributed by atoms with E-state index in [1.165, 1.54) is 29.8 Å². The van der Waals surface area contributed by atoms with Crippen molar-refractivity contribution >= 4 is 50.7 Å². The minimum Gasteiger partial charge on any atom is -0.487 e. The van der Waals surface area contributed by atoms with Crippen molar-refractivity contribution in [2.45, 2.75) is 101 Å². The van der Waals surface area contributed by atoms with Gasteiger partial charge in [0.15, 0.2) is 11.4 Å². The van der Waals surface area contributed by atoms with Gasteiger partial charge in [-0.25, -0.2) is 29.1 Å². The van der Waals surface area contributed by atoms with Crippen LogP contribution in [0.3, 0.4) is 0 Å². The number of rotatable bonds is 14. The second kappa shape index (κ2) is 20.8. The molecule has 6 aromatic rings. The average molecular weight is 1060 g/mol. The van der Waals surface area contributed by atoms with Gasteiger partial charge in [-0.05, 0) is 111 Å². The summed E-state index contributed by atoms with van der Waals surface area (Å²) in [5.74, 6) is 1.10. The van der Waals surface area contributed by atoms with E-state index in [0.29, 0.717) is 133 Å². The van der Waals surface area contributed by atoms with Gasteiger partial charge in [-0.15, -0.1) is 11.3 Å². The smallest absolute Gasteiger partial charge is 0.345 e. The number of carboxylic acid groups (broad SMARTS) is 1. The van der Waals surface area contributed by atoms with Crippen LogP contribution in [0, 0.1) is 25.6 Å². The number of halogens is 3. The van der Waals surface area contributed by atoms with Crippen LogP contribution < -0.4 is 29.6 Å². The first kappa shape index (κ1) is 49.9.